The van der Waals surface area contributed by atoms with Gasteiger partial charge in [0.15, 0.2) is 0 Å². The highest BCUT2D eigenvalue weighted by molar-refractivity contribution is 5.96. The first kappa shape index (κ1) is 20.7. The molecule has 2 atom stereocenters. The van der Waals surface area contributed by atoms with Gasteiger partial charge >= 0.3 is 5.97 Å². The number of hydrogen-bond donors (Lipinski definition) is 1. The fourth-order valence-corrected chi connectivity index (χ4v) is 5.13. The molecular weight excluding hydrogens is 378 g/mol. The van der Waals surface area contributed by atoms with Gasteiger partial charge in [-0.25, -0.2) is 4.79 Å². The number of esters is 1. The number of carbonyl (C=O) groups is 2. The Kier molecular flexibility index (Phi) is 5.48. The molecule has 160 valence electrons. The number of allylic oxidation sites excluding steroid dienone is 3. The first-order valence-electron chi connectivity index (χ1n) is 10.9. The van der Waals surface area contributed by atoms with Crippen LogP contribution < -0.4 is 10.1 Å². The van der Waals surface area contributed by atoms with Crippen molar-refractivity contribution >= 4 is 11.8 Å². The average Bonchev–Trinajstić information content (AvgIpc) is 3.18. The van der Waals surface area contributed by atoms with Crippen LogP contribution in [-0.2, 0) is 14.3 Å². The van der Waals surface area contributed by atoms with Crippen molar-refractivity contribution in [3.63, 3.8) is 0 Å². The Balaban J connectivity index is 1.78. The van der Waals surface area contributed by atoms with Crippen molar-refractivity contribution < 1.29 is 19.1 Å². The van der Waals surface area contributed by atoms with Gasteiger partial charge in [0.25, 0.3) is 0 Å². The maximum absolute atomic E-state index is 13.3. The number of carbonyl (C=O) groups excluding carboxylic acids is 2. The first-order valence-corrected chi connectivity index (χ1v) is 10.9. The monoisotopic (exact) mass is 409 g/mol. The molecule has 0 radical (unpaired) electrons. The van der Waals surface area contributed by atoms with E-state index in [1.165, 1.54) is 0 Å². The Morgan fingerprint density at radius 1 is 1.10 bits per heavy atom. The fourth-order valence-electron chi connectivity index (χ4n) is 5.13. The van der Waals surface area contributed by atoms with E-state index >= 15 is 0 Å². The van der Waals surface area contributed by atoms with Crippen LogP contribution in [0, 0.1) is 11.3 Å². The summed E-state index contributed by atoms with van der Waals surface area (Å²) in [7, 11) is 1.63. The van der Waals surface area contributed by atoms with E-state index in [2.05, 4.69) is 25.2 Å². The van der Waals surface area contributed by atoms with E-state index in [-0.39, 0.29) is 29.2 Å². The number of fused-ring (bicyclic) bond motifs is 1. The molecule has 0 bridgehead atoms. The van der Waals surface area contributed by atoms with E-state index in [1.807, 2.05) is 31.2 Å². The number of benzene rings is 1. The molecule has 2 unspecified atom stereocenters. The molecule has 5 heteroatoms. The highest BCUT2D eigenvalue weighted by atomic mass is 16.5. The SMILES string of the molecule is COc1ccc(C2C(C(=O)OC3CCCC3)=C(C)NC3=CC(C)(C)CC(=O)C32)cc1. The van der Waals surface area contributed by atoms with Crippen molar-refractivity contribution in [2.24, 2.45) is 11.3 Å². The minimum absolute atomic E-state index is 0.0211. The molecule has 1 N–H and O–H groups in total. The summed E-state index contributed by atoms with van der Waals surface area (Å²) in [4.78, 5) is 26.6. The number of hydrogen-bond acceptors (Lipinski definition) is 5. The van der Waals surface area contributed by atoms with Gasteiger partial charge in [0.2, 0.25) is 0 Å². The van der Waals surface area contributed by atoms with Crippen LogP contribution in [0.5, 0.6) is 5.75 Å². The minimum Gasteiger partial charge on any atom is -0.497 e. The number of ketones is 1. The van der Waals surface area contributed by atoms with Gasteiger partial charge in [-0.15, -0.1) is 0 Å². The maximum atomic E-state index is 13.3. The summed E-state index contributed by atoms with van der Waals surface area (Å²) in [6.45, 7) is 6.05. The van der Waals surface area contributed by atoms with Crippen molar-refractivity contribution in [1.82, 2.24) is 5.32 Å². The number of ether oxygens (including phenoxy) is 2. The lowest BCUT2D eigenvalue weighted by atomic mass is 9.66. The van der Waals surface area contributed by atoms with Gasteiger partial charge in [-0.3, -0.25) is 4.79 Å². The van der Waals surface area contributed by atoms with Crippen LogP contribution in [0.2, 0.25) is 0 Å². The van der Waals surface area contributed by atoms with Gasteiger partial charge in [-0.05, 0) is 55.7 Å². The van der Waals surface area contributed by atoms with Gasteiger partial charge in [0.05, 0.1) is 18.6 Å². The molecule has 0 spiro atoms. The van der Waals surface area contributed by atoms with Gasteiger partial charge < -0.3 is 14.8 Å². The second-order valence-electron chi connectivity index (χ2n) is 9.44. The van der Waals surface area contributed by atoms with Crippen LogP contribution in [0.3, 0.4) is 0 Å². The summed E-state index contributed by atoms with van der Waals surface area (Å²) in [5.41, 5.74) is 2.96. The second kappa shape index (κ2) is 7.93. The van der Waals surface area contributed by atoms with Gasteiger partial charge in [-0.1, -0.05) is 32.1 Å². The topological polar surface area (TPSA) is 64.6 Å². The Hall–Kier alpha value is -2.56. The fraction of sp³-hybridized carbons (Fsp3) is 0.520. The normalized spacial score (nSPS) is 26.0. The highest BCUT2D eigenvalue weighted by Gasteiger charge is 2.46. The van der Waals surface area contributed by atoms with E-state index in [9.17, 15) is 9.59 Å². The average molecular weight is 410 g/mol. The third-order valence-electron chi connectivity index (χ3n) is 6.51. The van der Waals surface area contributed by atoms with Gasteiger partial charge in [0, 0.05) is 23.7 Å². The Morgan fingerprint density at radius 2 is 1.77 bits per heavy atom. The lowest BCUT2D eigenvalue weighted by Crippen LogP contribution is -2.43. The van der Waals surface area contributed by atoms with Crippen LogP contribution in [0.1, 0.15) is 64.4 Å². The van der Waals surface area contributed by atoms with Crippen molar-refractivity contribution in [3.8, 4) is 5.75 Å². The predicted octanol–water partition coefficient (Wildman–Crippen LogP) is 4.64. The molecule has 1 aromatic rings. The minimum atomic E-state index is -0.402. The molecule has 3 aliphatic rings. The van der Waals surface area contributed by atoms with Gasteiger partial charge in [0.1, 0.15) is 17.6 Å². The van der Waals surface area contributed by atoms with Crippen LogP contribution in [0.25, 0.3) is 0 Å². The Morgan fingerprint density at radius 3 is 2.40 bits per heavy atom. The number of rotatable bonds is 4. The number of methoxy groups -OCH3 is 1. The largest absolute Gasteiger partial charge is 0.497 e. The second-order valence-corrected chi connectivity index (χ2v) is 9.44. The molecule has 0 aromatic heterocycles. The van der Waals surface area contributed by atoms with E-state index in [1.54, 1.807) is 7.11 Å². The molecule has 2 aliphatic carbocycles. The molecule has 1 aliphatic heterocycles. The summed E-state index contributed by atoms with van der Waals surface area (Å²) in [5, 5.41) is 3.38. The Bertz CT molecular complexity index is 904. The molecule has 4 rings (SSSR count). The lowest BCUT2D eigenvalue weighted by Gasteiger charge is -2.41. The van der Waals surface area contributed by atoms with Crippen molar-refractivity contribution in [3.05, 3.63) is 52.9 Å². The molecule has 1 saturated carbocycles. The molecular formula is C25H31NO4. The number of Topliss-reactive ketones (excluding diaryl/α,β-unsaturated/α-hetero) is 1. The zero-order chi connectivity index (χ0) is 21.5. The summed E-state index contributed by atoms with van der Waals surface area (Å²) >= 11 is 0. The third kappa shape index (κ3) is 3.90. The zero-order valence-electron chi connectivity index (χ0n) is 18.3. The van der Waals surface area contributed by atoms with Crippen LogP contribution >= 0.6 is 0 Å². The van der Waals surface area contributed by atoms with Crippen LogP contribution in [0.15, 0.2) is 47.3 Å². The van der Waals surface area contributed by atoms with Crippen molar-refractivity contribution in [2.75, 3.05) is 7.11 Å². The molecule has 1 heterocycles. The van der Waals surface area contributed by atoms with Crippen molar-refractivity contribution in [2.45, 2.75) is 64.9 Å². The molecule has 0 amide bonds. The van der Waals surface area contributed by atoms with Gasteiger partial charge in [-0.2, -0.15) is 0 Å². The summed E-state index contributed by atoms with van der Waals surface area (Å²) in [5.74, 6) is -0.161. The van der Waals surface area contributed by atoms with E-state index < -0.39 is 5.92 Å². The molecule has 1 aromatic carbocycles. The maximum Gasteiger partial charge on any atom is 0.336 e. The standard InChI is InChI=1S/C25H31NO4/c1-15-21(24(28)30-18-7-5-6-8-18)22(16-9-11-17(29-4)12-10-16)23-19(26-15)13-25(2,3)14-20(23)27/h9-13,18,22-23,26H,5-8,14H2,1-4H3. The van der Waals surface area contributed by atoms with E-state index in [0.29, 0.717) is 12.0 Å². The van der Waals surface area contributed by atoms with Crippen molar-refractivity contribution in [1.29, 1.82) is 0 Å². The first-order chi connectivity index (χ1) is 14.3. The zero-order valence-corrected chi connectivity index (χ0v) is 18.3. The summed E-state index contributed by atoms with van der Waals surface area (Å²) in [6, 6.07) is 7.67. The van der Waals surface area contributed by atoms with E-state index in [0.717, 1.165) is 48.4 Å². The lowest BCUT2D eigenvalue weighted by molar-refractivity contribution is -0.144. The Labute approximate surface area is 178 Å². The number of nitrogens with one attached hydrogen (secondary N) is 1. The predicted molar refractivity (Wildman–Crippen MR) is 115 cm³/mol. The quantitative estimate of drug-likeness (QED) is 0.734. The highest BCUT2D eigenvalue weighted by Crippen LogP contribution is 2.47. The summed E-state index contributed by atoms with van der Waals surface area (Å²) in [6.07, 6.45) is 6.61. The summed E-state index contributed by atoms with van der Waals surface area (Å²) < 4.78 is 11.2. The van der Waals surface area contributed by atoms with Crippen LogP contribution in [-0.4, -0.2) is 25.0 Å². The van der Waals surface area contributed by atoms with E-state index in [4.69, 9.17) is 9.47 Å². The third-order valence-corrected chi connectivity index (χ3v) is 6.51. The smallest absolute Gasteiger partial charge is 0.336 e. The molecule has 0 saturated heterocycles. The molecule has 30 heavy (non-hydrogen) atoms. The molecule has 1 fully saturated rings. The molecule has 5 nitrogen and oxygen atoms in total. The van der Waals surface area contributed by atoms with Crippen LogP contribution in [0.4, 0.5) is 0 Å².